The Labute approximate surface area is 219 Å². The fourth-order valence-electron chi connectivity index (χ4n) is 3.22. The van der Waals surface area contributed by atoms with E-state index in [1.807, 2.05) is 97.9 Å². The molecule has 4 aromatic carbocycles. The van der Waals surface area contributed by atoms with E-state index in [1.54, 1.807) is 24.3 Å². The summed E-state index contributed by atoms with van der Waals surface area (Å²) in [4.78, 5) is 12.9. The van der Waals surface area contributed by atoms with Crippen molar-refractivity contribution in [1.29, 1.82) is 0 Å². The van der Waals surface area contributed by atoms with Gasteiger partial charge in [0.1, 0.15) is 11.5 Å². The molecule has 1 heterocycles. The zero-order valence-electron chi connectivity index (χ0n) is 20.5. The van der Waals surface area contributed by atoms with Gasteiger partial charge in [-0.15, -0.1) is 15.2 Å². The van der Waals surface area contributed by atoms with Crippen LogP contribution in [0.1, 0.15) is 11.1 Å². The Balaban J connectivity index is 1.48. The molecule has 5 aromatic rings. The Morgan fingerprint density at radius 3 is 1.71 bits per heavy atom. The molecule has 0 amide bonds. The quantitative estimate of drug-likeness (QED) is 0.103. The standard InChI is InChI=1S/C29H23N7O2/c1-21-17-19-22(20-18-21)26(34-33-23-11-5-2-6-12-23)35-36-27-30-28(37-24-13-7-3-8-14-24)32-29(31-27)38-25-15-9-4-10-16-25/h2-20,33H,1H3/b34-26-,36-35?. The molecule has 186 valence electrons. The molecule has 0 unspecified atom stereocenters. The molecule has 0 saturated heterocycles. The second-order valence-electron chi connectivity index (χ2n) is 8.01. The third-order valence-corrected chi connectivity index (χ3v) is 5.10. The van der Waals surface area contributed by atoms with Crippen LogP contribution in [0, 0.1) is 6.92 Å². The number of ether oxygens (including phenoxy) is 2. The molecule has 0 atom stereocenters. The van der Waals surface area contributed by atoms with Gasteiger partial charge in [-0.3, -0.25) is 5.43 Å². The predicted octanol–water partition coefficient (Wildman–Crippen LogP) is 7.32. The molecule has 0 spiro atoms. The fraction of sp³-hybridized carbons (Fsp3) is 0.0345. The molecule has 0 radical (unpaired) electrons. The highest BCUT2D eigenvalue weighted by atomic mass is 16.5. The Morgan fingerprint density at radius 2 is 1.16 bits per heavy atom. The topological polar surface area (TPSA) is 106 Å². The first-order valence-electron chi connectivity index (χ1n) is 11.8. The first-order valence-corrected chi connectivity index (χ1v) is 11.8. The Hall–Kier alpha value is -5.44. The van der Waals surface area contributed by atoms with Gasteiger partial charge in [-0.25, -0.2) is 0 Å². The molecule has 0 aliphatic carbocycles. The van der Waals surface area contributed by atoms with Crippen molar-refractivity contribution in [2.45, 2.75) is 6.92 Å². The predicted molar refractivity (Wildman–Crippen MR) is 145 cm³/mol. The average molecular weight is 502 g/mol. The molecule has 38 heavy (non-hydrogen) atoms. The highest BCUT2D eigenvalue weighted by Gasteiger charge is 2.12. The van der Waals surface area contributed by atoms with Gasteiger partial charge in [-0.05, 0) is 43.3 Å². The van der Waals surface area contributed by atoms with E-state index >= 15 is 0 Å². The molecular weight excluding hydrogens is 478 g/mol. The number of amidine groups is 1. The highest BCUT2D eigenvalue weighted by Crippen LogP contribution is 2.24. The zero-order chi connectivity index (χ0) is 26.0. The van der Waals surface area contributed by atoms with Crippen LogP contribution in [0.4, 0.5) is 11.6 Å². The van der Waals surface area contributed by atoms with E-state index in [0.717, 1.165) is 16.8 Å². The number of hydrogen-bond donors (Lipinski definition) is 1. The zero-order valence-corrected chi connectivity index (χ0v) is 20.5. The number of rotatable bonds is 8. The van der Waals surface area contributed by atoms with Gasteiger partial charge in [0.05, 0.1) is 5.69 Å². The van der Waals surface area contributed by atoms with Crippen LogP contribution < -0.4 is 14.9 Å². The second kappa shape index (κ2) is 12.0. The third kappa shape index (κ3) is 6.82. The summed E-state index contributed by atoms with van der Waals surface area (Å²) in [5.41, 5.74) is 5.70. The van der Waals surface area contributed by atoms with Crippen molar-refractivity contribution in [2.75, 3.05) is 5.43 Å². The summed E-state index contributed by atoms with van der Waals surface area (Å²) in [5, 5.41) is 13.1. The maximum atomic E-state index is 5.82. The van der Waals surface area contributed by atoms with Gasteiger partial charge in [0.25, 0.3) is 5.95 Å². The van der Waals surface area contributed by atoms with Crippen LogP contribution in [0.5, 0.6) is 23.5 Å². The number of aromatic nitrogens is 3. The summed E-state index contributed by atoms with van der Waals surface area (Å²) >= 11 is 0. The van der Waals surface area contributed by atoms with Crippen LogP contribution in [0.2, 0.25) is 0 Å². The summed E-state index contributed by atoms with van der Waals surface area (Å²) in [6.07, 6.45) is 0. The third-order valence-electron chi connectivity index (χ3n) is 5.10. The number of nitrogens with zero attached hydrogens (tertiary/aromatic N) is 6. The summed E-state index contributed by atoms with van der Waals surface area (Å²) in [6.45, 7) is 2.01. The SMILES string of the molecule is Cc1ccc(/C(N=Nc2nc(Oc3ccccc3)nc(Oc3ccccc3)n2)=N/Nc2ccccc2)cc1. The first-order chi connectivity index (χ1) is 18.7. The maximum absolute atomic E-state index is 5.82. The van der Waals surface area contributed by atoms with Crippen LogP contribution >= 0.6 is 0 Å². The van der Waals surface area contributed by atoms with Crippen LogP contribution in [-0.4, -0.2) is 20.8 Å². The van der Waals surface area contributed by atoms with Gasteiger partial charge in [0.2, 0.25) is 5.84 Å². The average Bonchev–Trinajstić information content (AvgIpc) is 2.95. The molecular formula is C29H23N7O2. The van der Waals surface area contributed by atoms with Crippen LogP contribution in [0.25, 0.3) is 0 Å². The van der Waals surface area contributed by atoms with E-state index < -0.39 is 0 Å². The lowest BCUT2D eigenvalue weighted by Gasteiger charge is -2.07. The lowest BCUT2D eigenvalue weighted by molar-refractivity contribution is 0.398. The summed E-state index contributed by atoms with van der Waals surface area (Å²) in [5.74, 6) is 1.45. The Kier molecular flexibility index (Phi) is 7.66. The van der Waals surface area contributed by atoms with Crippen molar-refractivity contribution >= 4 is 17.5 Å². The largest absolute Gasteiger partial charge is 0.424 e. The van der Waals surface area contributed by atoms with Crippen molar-refractivity contribution in [2.24, 2.45) is 15.3 Å². The smallest absolute Gasteiger partial charge is 0.330 e. The van der Waals surface area contributed by atoms with Crippen LogP contribution in [0.3, 0.4) is 0 Å². The van der Waals surface area contributed by atoms with Gasteiger partial charge in [0, 0.05) is 5.56 Å². The number of para-hydroxylation sites is 3. The minimum atomic E-state index is -0.00335. The highest BCUT2D eigenvalue weighted by molar-refractivity contribution is 5.99. The normalized spacial score (nSPS) is 11.3. The van der Waals surface area contributed by atoms with Crippen molar-refractivity contribution in [3.05, 3.63) is 126 Å². The molecule has 5 rings (SSSR count). The number of hydrazone groups is 1. The van der Waals surface area contributed by atoms with Crippen LogP contribution in [-0.2, 0) is 0 Å². The molecule has 0 aliphatic heterocycles. The van der Waals surface area contributed by atoms with Crippen LogP contribution in [0.15, 0.2) is 131 Å². The first kappa shape index (κ1) is 24.3. The number of benzene rings is 4. The van der Waals surface area contributed by atoms with Crippen molar-refractivity contribution in [3.8, 4) is 23.5 Å². The number of nitrogens with one attached hydrogen (secondary N) is 1. The monoisotopic (exact) mass is 501 g/mol. The van der Waals surface area contributed by atoms with E-state index in [9.17, 15) is 0 Å². The van der Waals surface area contributed by atoms with Crippen molar-refractivity contribution in [1.82, 2.24) is 15.0 Å². The Morgan fingerprint density at radius 1 is 0.632 bits per heavy atom. The van der Waals surface area contributed by atoms with Gasteiger partial charge in [-0.1, -0.05) is 84.4 Å². The van der Waals surface area contributed by atoms with Crippen molar-refractivity contribution < 1.29 is 9.47 Å². The number of aryl methyl sites for hydroxylation is 1. The summed E-state index contributed by atoms with van der Waals surface area (Å²) in [6, 6.07) is 35.7. The molecule has 9 nitrogen and oxygen atoms in total. The van der Waals surface area contributed by atoms with Gasteiger partial charge >= 0.3 is 12.0 Å². The Bertz CT molecular complexity index is 1470. The molecule has 1 N–H and O–H groups in total. The van der Waals surface area contributed by atoms with E-state index in [4.69, 9.17) is 9.47 Å². The molecule has 1 aromatic heterocycles. The summed E-state index contributed by atoms with van der Waals surface area (Å²) < 4.78 is 11.6. The van der Waals surface area contributed by atoms with Gasteiger partial charge in [-0.2, -0.15) is 15.1 Å². The summed E-state index contributed by atoms with van der Waals surface area (Å²) in [7, 11) is 0. The number of anilines is 1. The molecule has 0 aliphatic rings. The molecule has 0 bridgehead atoms. The van der Waals surface area contributed by atoms with E-state index in [1.165, 1.54) is 0 Å². The lowest BCUT2D eigenvalue weighted by atomic mass is 10.1. The maximum Gasteiger partial charge on any atom is 0.330 e. The fourth-order valence-corrected chi connectivity index (χ4v) is 3.22. The van der Waals surface area contributed by atoms with Gasteiger partial charge < -0.3 is 9.47 Å². The number of azo groups is 1. The van der Waals surface area contributed by atoms with E-state index in [0.29, 0.717) is 17.3 Å². The minimum Gasteiger partial charge on any atom is -0.424 e. The van der Waals surface area contributed by atoms with E-state index in [2.05, 4.69) is 35.7 Å². The van der Waals surface area contributed by atoms with Gasteiger partial charge in [0.15, 0.2) is 0 Å². The number of hydrogen-bond acceptors (Lipinski definition) is 8. The minimum absolute atomic E-state index is 0.00335. The molecule has 0 saturated carbocycles. The second-order valence-corrected chi connectivity index (χ2v) is 8.01. The lowest BCUT2D eigenvalue weighted by Crippen LogP contribution is -2.02. The van der Waals surface area contributed by atoms with E-state index in [-0.39, 0.29) is 18.0 Å². The molecule has 9 heteroatoms. The molecule has 0 fully saturated rings. The van der Waals surface area contributed by atoms with Crippen molar-refractivity contribution in [3.63, 3.8) is 0 Å².